The van der Waals surface area contributed by atoms with Gasteiger partial charge in [0.1, 0.15) is 5.82 Å². The van der Waals surface area contributed by atoms with Gasteiger partial charge in [-0.2, -0.15) is 0 Å². The van der Waals surface area contributed by atoms with Crippen molar-refractivity contribution >= 4 is 11.5 Å². The van der Waals surface area contributed by atoms with E-state index in [1.165, 1.54) is 11.1 Å². The normalized spacial score (nSPS) is 10.4. The van der Waals surface area contributed by atoms with Crippen molar-refractivity contribution in [2.45, 2.75) is 20.1 Å². The third kappa shape index (κ3) is 3.45. The summed E-state index contributed by atoms with van der Waals surface area (Å²) in [5.74, 6) is 0.832. The molecule has 0 aliphatic rings. The number of nitrogens with one attached hydrogen (secondary N) is 1. The lowest BCUT2D eigenvalue weighted by molar-refractivity contribution is 0.184. The molecule has 0 aliphatic heterocycles. The molecule has 2 rings (SSSR count). The molecular formula is C15H19N3O. The van der Waals surface area contributed by atoms with Gasteiger partial charge in [0.15, 0.2) is 0 Å². The predicted molar refractivity (Wildman–Crippen MR) is 77.9 cm³/mol. The van der Waals surface area contributed by atoms with E-state index in [0.29, 0.717) is 12.3 Å². The first-order valence-corrected chi connectivity index (χ1v) is 6.23. The smallest absolute Gasteiger partial charge is 0.126 e. The number of rotatable bonds is 5. The molecule has 0 atom stereocenters. The molecule has 0 spiro atoms. The van der Waals surface area contributed by atoms with Gasteiger partial charge in [0.25, 0.3) is 0 Å². The Morgan fingerprint density at radius 3 is 2.58 bits per heavy atom. The van der Waals surface area contributed by atoms with E-state index < -0.39 is 0 Å². The summed E-state index contributed by atoms with van der Waals surface area (Å²) in [5, 5.41) is 3.31. The van der Waals surface area contributed by atoms with E-state index in [9.17, 15) is 0 Å². The molecule has 3 N–H and O–H groups in total. The highest BCUT2D eigenvalue weighted by Crippen LogP contribution is 2.15. The number of aromatic nitrogens is 1. The number of anilines is 2. The molecular weight excluding hydrogens is 238 g/mol. The van der Waals surface area contributed by atoms with Crippen LogP contribution >= 0.6 is 0 Å². The number of benzene rings is 1. The zero-order valence-electron chi connectivity index (χ0n) is 11.3. The molecule has 19 heavy (non-hydrogen) atoms. The lowest BCUT2D eigenvalue weighted by atomic mass is 10.1. The summed E-state index contributed by atoms with van der Waals surface area (Å²) in [6.45, 7) is 3.24. The molecule has 4 heteroatoms. The third-order valence-corrected chi connectivity index (χ3v) is 3.00. The molecule has 0 saturated heterocycles. The largest absolute Gasteiger partial charge is 0.397 e. The Morgan fingerprint density at radius 2 is 1.89 bits per heavy atom. The lowest BCUT2D eigenvalue weighted by Crippen LogP contribution is -2.06. The Bertz CT molecular complexity index is 555. The van der Waals surface area contributed by atoms with E-state index in [-0.39, 0.29) is 0 Å². The van der Waals surface area contributed by atoms with Gasteiger partial charge in [-0.1, -0.05) is 24.3 Å². The molecule has 100 valence electrons. The standard InChI is InChI=1S/C15H19N3O/c1-11-14(16)7-8-15(18-11)17-9-12-5-3-4-6-13(12)10-19-2/h3-8H,9-10,16H2,1-2H3,(H,17,18). The quantitative estimate of drug-likeness (QED) is 0.864. The van der Waals surface area contributed by atoms with Gasteiger partial charge in [-0.25, -0.2) is 4.98 Å². The van der Waals surface area contributed by atoms with Gasteiger partial charge < -0.3 is 15.8 Å². The number of pyridine rings is 1. The number of nitrogens with zero attached hydrogens (tertiary/aromatic N) is 1. The molecule has 0 fully saturated rings. The van der Waals surface area contributed by atoms with Gasteiger partial charge in [0.2, 0.25) is 0 Å². The maximum atomic E-state index is 5.75. The van der Waals surface area contributed by atoms with Crippen molar-refractivity contribution < 1.29 is 4.74 Å². The zero-order valence-corrected chi connectivity index (χ0v) is 11.3. The summed E-state index contributed by atoms with van der Waals surface area (Å²) in [6.07, 6.45) is 0. The second-order valence-electron chi connectivity index (χ2n) is 4.43. The fraction of sp³-hybridized carbons (Fsp3) is 0.267. The molecule has 1 aromatic carbocycles. The molecule has 0 aliphatic carbocycles. The van der Waals surface area contributed by atoms with Crippen molar-refractivity contribution in [3.8, 4) is 0 Å². The highest BCUT2D eigenvalue weighted by molar-refractivity contribution is 5.49. The fourth-order valence-corrected chi connectivity index (χ4v) is 1.88. The van der Waals surface area contributed by atoms with E-state index in [1.807, 2.05) is 31.2 Å². The number of ether oxygens (including phenoxy) is 1. The minimum atomic E-state index is 0.617. The van der Waals surface area contributed by atoms with E-state index in [1.54, 1.807) is 7.11 Å². The zero-order chi connectivity index (χ0) is 13.7. The van der Waals surface area contributed by atoms with Crippen molar-refractivity contribution in [1.29, 1.82) is 0 Å². The summed E-state index contributed by atoms with van der Waals surface area (Å²) in [5.41, 5.74) is 9.70. The molecule has 0 radical (unpaired) electrons. The molecule has 0 amide bonds. The van der Waals surface area contributed by atoms with Gasteiger partial charge in [-0.05, 0) is 30.2 Å². The second kappa shape index (κ2) is 6.20. The van der Waals surface area contributed by atoms with Gasteiger partial charge in [0.05, 0.1) is 18.0 Å². The van der Waals surface area contributed by atoms with Crippen LogP contribution in [0.4, 0.5) is 11.5 Å². The summed E-state index contributed by atoms with van der Waals surface area (Å²) >= 11 is 0. The number of methoxy groups -OCH3 is 1. The molecule has 2 aromatic rings. The van der Waals surface area contributed by atoms with Crippen molar-refractivity contribution in [3.63, 3.8) is 0 Å². The summed E-state index contributed by atoms with van der Waals surface area (Å²) in [7, 11) is 1.70. The first-order chi connectivity index (χ1) is 9.20. The number of nitrogen functional groups attached to an aromatic ring is 1. The molecule has 1 heterocycles. The highest BCUT2D eigenvalue weighted by Gasteiger charge is 2.02. The average Bonchev–Trinajstić information content (AvgIpc) is 2.42. The van der Waals surface area contributed by atoms with Crippen LogP contribution < -0.4 is 11.1 Å². The highest BCUT2D eigenvalue weighted by atomic mass is 16.5. The van der Waals surface area contributed by atoms with E-state index >= 15 is 0 Å². The predicted octanol–water partition coefficient (Wildman–Crippen LogP) is 2.73. The Labute approximate surface area is 113 Å². The molecule has 0 bridgehead atoms. The molecule has 0 saturated carbocycles. The van der Waals surface area contributed by atoms with Crippen LogP contribution in [0.3, 0.4) is 0 Å². The first kappa shape index (κ1) is 13.4. The van der Waals surface area contributed by atoms with Crippen LogP contribution in [-0.4, -0.2) is 12.1 Å². The topological polar surface area (TPSA) is 60.2 Å². The Kier molecular flexibility index (Phi) is 4.36. The molecule has 0 unspecified atom stereocenters. The average molecular weight is 257 g/mol. The van der Waals surface area contributed by atoms with Crippen molar-refractivity contribution in [1.82, 2.24) is 4.98 Å². The first-order valence-electron chi connectivity index (χ1n) is 6.23. The fourth-order valence-electron chi connectivity index (χ4n) is 1.88. The Hall–Kier alpha value is -2.07. The summed E-state index contributed by atoms with van der Waals surface area (Å²) in [4.78, 5) is 4.40. The molecule has 4 nitrogen and oxygen atoms in total. The number of nitrogens with two attached hydrogens (primary N) is 1. The van der Waals surface area contributed by atoms with Crippen molar-refractivity contribution in [2.24, 2.45) is 0 Å². The molecule has 1 aromatic heterocycles. The number of aryl methyl sites for hydroxylation is 1. The van der Waals surface area contributed by atoms with Crippen molar-refractivity contribution in [3.05, 3.63) is 53.2 Å². The maximum Gasteiger partial charge on any atom is 0.126 e. The van der Waals surface area contributed by atoms with Crippen LogP contribution in [0.25, 0.3) is 0 Å². The van der Waals surface area contributed by atoms with E-state index in [0.717, 1.165) is 18.1 Å². The van der Waals surface area contributed by atoms with Gasteiger partial charge in [-0.3, -0.25) is 0 Å². The number of hydrogen-bond donors (Lipinski definition) is 2. The summed E-state index contributed by atoms with van der Waals surface area (Å²) < 4.78 is 5.20. The minimum Gasteiger partial charge on any atom is -0.397 e. The van der Waals surface area contributed by atoms with E-state index in [4.69, 9.17) is 10.5 Å². The minimum absolute atomic E-state index is 0.617. The SMILES string of the molecule is COCc1ccccc1CNc1ccc(N)c(C)n1. The van der Waals surface area contributed by atoms with Crippen LogP contribution in [0.5, 0.6) is 0 Å². The van der Waals surface area contributed by atoms with Crippen LogP contribution in [0.1, 0.15) is 16.8 Å². The number of hydrogen-bond acceptors (Lipinski definition) is 4. The van der Waals surface area contributed by atoms with E-state index in [2.05, 4.69) is 22.4 Å². The van der Waals surface area contributed by atoms with Gasteiger partial charge in [-0.15, -0.1) is 0 Å². The second-order valence-corrected chi connectivity index (χ2v) is 4.43. The van der Waals surface area contributed by atoms with Crippen LogP contribution in [-0.2, 0) is 17.9 Å². The van der Waals surface area contributed by atoms with Crippen LogP contribution in [0.2, 0.25) is 0 Å². The Balaban J connectivity index is 2.07. The van der Waals surface area contributed by atoms with Crippen molar-refractivity contribution in [2.75, 3.05) is 18.2 Å². The third-order valence-electron chi connectivity index (χ3n) is 3.00. The van der Waals surface area contributed by atoms with Crippen LogP contribution in [0.15, 0.2) is 36.4 Å². The van der Waals surface area contributed by atoms with Gasteiger partial charge >= 0.3 is 0 Å². The van der Waals surface area contributed by atoms with Gasteiger partial charge in [0, 0.05) is 13.7 Å². The maximum absolute atomic E-state index is 5.75. The summed E-state index contributed by atoms with van der Waals surface area (Å²) in [6, 6.07) is 12.0. The monoisotopic (exact) mass is 257 g/mol. The van der Waals surface area contributed by atoms with Crippen LogP contribution in [0, 0.1) is 6.92 Å². The lowest BCUT2D eigenvalue weighted by Gasteiger charge is -2.11. The Morgan fingerprint density at radius 1 is 1.16 bits per heavy atom.